The smallest absolute Gasteiger partial charge is 0.120 e. The van der Waals surface area contributed by atoms with Gasteiger partial charge in [-0.1, -0.05) is 0 Å². The van der Waals surface area contributed by atoms with Crippen LogP contribution in [0.5, 0.6) is 11.5 Å². The van der Waals surface area contributed by atoms with Crippen LogP contribution in [0.15, 0.2) is 30.6 Å². The van der Waals surface area contributed by atoms with E-state index in [0.29, 0.717) is 13.1 Å². The third kappa shape index (κ3) is 2.98. The maximum absolute atomic E-state index is 9.67. The topological polar surface area (TPSA) is 70.2 Å². The molecule has 2 rings (SSSR count). The van der Waals surface area contributed by atoms with E-state index in [0.717, 1.165) is 17.1 Å². The normalized spacial score (nSPS) is 10.4. The minimum atomic E-state index is 0.262. The number of methoxy groups -OCH3 is 1. The number of ether oxygens (including phenoxy) is 1. The summed E-state index contributed by atoms with van der Waals surface area (Å²) >= 11 is 0. The Labute approximate surface area is 99.5 Å². The Morgan fingerprint density at radius 1 is 1.41 bits per heavy atom. The molecule has 17 heavy (non-hydrogen) atoms. The Morgan fingerprint density at radius 3 is 3.00 bits per heavy atom. The van der Waals surface area contributed by atoms with Crippen LogP contribution in [0.4, 0.5) is 0 Å². The zero-order chi connectivity index (χ0) is 12.1. The van der Waals surface area contributed by atoms with Crippen molar-refractivity contribution in [3.63, 3.8) is 0 Å². The number of H-pyrrole nitrogens is 1. The zero-order valence-electron chi connectivity index (χ0n) is 9.60. The molecule has 0 saturated heterocycles. The highest BCUT2D eigenvalue weighted by atomic mass is 16.5. The number of hydrogen-bond donors (Lipinski definition) is 3. The van der Waals surface area contributed by atoms with Crippen molar-refractivity contribution < 1.29 is 9.84 Å². The standard InChI is InChI=1S/C12H15N3O2/c1-17-10-2-3-11(16)9(6-10)7-13-8-12-14-4-5-15-12/h2-6,13,16H,7-8H2,1H3,(H,14,15). The number of benzene rings is 1. The number of phenols is 1. The summed E-state index contributed by atoms with van der Waals surface area (Å²) in [7, 11) is 1.60. The lowest BCUT2D eigenvalue weighted by molar-refractivity contribution is 0.410. The maximum Gasteiger partial charge on any atom is 0.120 e. The molecule has 0 aliphatic rings. The van der Waals surface area contributed by atoms with Gasteiger partial charge in [0.25, 0.3) is 0 Å². The quantitative estimate of drug-likeness (QED) is 0.730. The Kier molecular flexibility index (Phi) is 3.62. The van der Waals surface area contributed by atoms with Gasteiger partial charge in [0.2, 0.25) is 0 Å². The number of aromatic nitrogens is 2. The highest BCUT2D eigenvalue weighted by molar-refractivity contribution is 5.39. The second-order valence-corrected chi connectivity index (χ2v) is 3.63. The third-order valence-corrected chi connectivity index (χ3v) is 2.45. The molecule has 5 heteroatoms. The van der Waals surface area contributed by atoms with Crippen molar-refractivity contribution in [3.8, 4) is 11.5 Å². The minimum Gasteiger partial charge on any atom is -0.508 e. The van der Waals surface area contributed by atoms with Gasteiger partial charge < -0.3 is 20.1 Å². The first kappa shape index (κ1) is 11.5. The van der Waals surface area contributed by atoms with Crippen molar-refractivity contribution in [1.29, 1.82) is 0 Å². The molecule has 0 atom stereocenters. The second kappa shape index (κ2) is 5.36. The van der Waals surface area contributed by atoms with Crippen LogP contribution < -0.4 is 10.1 Å². The predicted octanol–water partition coefficient (Wildman–Crippen LogP) is 1.41. The van der Waals surface area contributed by atoms with E-state index in [1.807, 2.05) is 6.07 Å². The molecule has 0 spiro atoms. The number of hydrogen-bond acceptors (Lipinski definition) is 4. The first-order chi connectivity index (χ1) is 8.29. The molecular weight excluding hydrogens is 218 g/mol. The van der Waals surface area contributed by atoms with Gasteiger partial charge in [-0.3, -0.25) is 0 Å². The first-order valence-electron chi connectivity index (χ1n) is 5.34. The molecule has 0 radical (unpaired) electrons. The van der Waals surface area contributed by atoms with Crippen LogP contribution in [0.25, 0.3) is 0 Å². The van der Waals surface area contributed by atoms with Gasteiger partial charge in [0.1, 0.15) is 17.3 Å². The summed E-state index contributed by atoms with van der Waals surface area (Å²) in [5, 5.41) is 12.9. The van der Waals surface area contributed by atoms with Crippen molar-refractivity contribution in [2.75, 3.05) is 7.11 Å². The molecule has 0 aliphatic carbocycles. The van der Waals surface area contributed by atoms with E-state index < -0.39 is 0 Å². The molecule has 90 valence electrons. The van der Waals surface area contributed by atoms with Crippen molar-refractivity contribution in [1.82, 2.24) is 15.3 Å². The van der Waals surface area contributed by atoms with E-state index in [1.165, 1.54) is 0 Å². The van der Waals surface area contributed by atoms with Crippen LogP contribution in [0.3, 0.4) is 0 Å². The fraction of sp³-hybridized carbons (Fsp3) is 0.250. The molecule has 0 fully saturated rings. The van der Waals surface area contributed by atoms with Crippen LogP contribution in [0, 0.1) is 0 Å². The molecule has 0 amide bonds. The van der Waals surface area contributed by atoms with Crippen LogP contribution in [-0.2, 0) is 13.1 Å². The number of imidazole rings is 1. The van der Waals surface area contributed by atoms with E-state index in [4.69, 9.17) is 4.74 Å². The zero-order valence-corrected chi connectivity index (χ0v) is 9.60. The molecular formula is C12H15N3O2. The van der Waals surface area contributed by atoms with Crippen LogP contribution in [0.1, 0.15) is 11.4 Å². The number of nitrogens with zero attached hydrogens (tertiary/aromatic N) is 1. The van der Waals surface area contributed by atoms with Gasteiger partial charge in [-0.15, -0.1) is 0 Å². The van der Waals surface area contributed by atoms with Crippen LogP contribution in [0.2, 0.25) is 0 Å². The van der Waals surface area contributed by atoms with Gasteiger partial charge in [0, 0.05) is 24.5 Å². The second-order valence-electron chi connectivity index (χ2n) is 3.63. The van der Waals surface area contributed by atoms with Crippen molar-refractivity contribution in [3.05, 3.63) is 42.0 Å². The molecule has 0 saturated carbocycles. The van der Waals surface area contributed by atoms with Gasteiger partial charge in [-0.2, -0.15) is 0 Å². The largest absolute Gasteiger partial charge is 0.508 e. The number of phenolic OH excluding ortho intramolecular Hbond substituents is 1. The number of aromatic amines is 1. The first-order valence-corrected chi connectivity index (χ1v) is 5.34. The van der Waals surface area contributed by atoms with Gasteiger partial charge in [0.15, 0.2) is 0 Å². The average Bonchev–Trinajstić information content (AvgIpc) is 2.84. The average molecular weight is 233 g/mol. The fourth-order valence-electron chi connectivity index (χ4n) is 1.54. The molecule has 2 aromatic rings. The van der Waals surface area contributed by atoms with E-state index >= 15 is 0 Å². The summed E-state index contributed by atoms with van der Waals surface area (Å²) in [4.78, 5) is 7.10. The molecule has 0 bridgehead atoms. The third-order valence-electron chi connectivity index (χ3n) is 2.45. The van der Waals surface area contributed by atoms with Crippen LogP contribution in [-0.4, -0.2) is 22.2 Å². The Balaban J connectivity index is 1.94. The molecule has 1 heterocycles. The van der Waals surface area contributed by atoms with E-state index in [9.17, 15) is 5.11 Å². The summed E-state index contributed by atoms with van der Waals surface area (Å²) in [5.74, 6) is 1.86. The van der Waals surface area contributed by atoms with Crippen molar-refractivity contribution in [2.45, 2.75) is 13.1 Å². The highest BCUT2D eigenvalue weighted by Crippen LogP contribution is 2.22. The number of nitrogens with one attached hydrogen (secondary N) is 2. The summed E-state index contributed by atoms with van der Waals surface area (Å²) < 4.78 is 5.10. The lowest BCUT2D eigenvalue weighted by atomic mass is 10.2. The van der Waals surface area contributed by atoms with Crippen molar-refractivity contribution in [2.24, 2.45) is 0 Å². The summed E-state index contributed by atoms with van der Waals surface area (Å²) in [6.45, 7) is 1.19. The van der Waals surface area contributed by atoms with E-state index in [-0.39, 0.29) is 5.75 Å². The molecule has 0 unspecified atom stereocenters. The number of rotatable bonds is 5. The Hall–Kier alpha value is -2.01. The Bertz CT molecular complexity index is 469. The lowest BCUT2D eigenvalue weighted by Gasteiger charge is -2.07. The molecule has 3 N–H and O–H groups in total. The van der Waals surface area contributed by atoms with Gasteiger partial charge >= 0.3 is 0 Å². The molecule has 1 aromatic carbocycles. The number of aromatic hydroxyl groups is 1. The van der Waals surface area contributed by atoms with E-state index in [1.54, 1.807) is 31.6 Å². The summed E-state index contributed by atoms with van der Waals surface area (Å²) in [6.07, 6.45) is 3.49. The summed E-state index contributed by atoms with van der Waals surface area (Å²) in [5.41, 5.74) is 0.802. The SMILES string of the molecule is COc1ccc(O)c(CNCc2ncc[nH]2)c1. The monoisotopic (exact) mass is 233 g/mol. The fourth-order valence-corrected chi connectivity index (χ4v) is 1.54. The van der Waals surface area contributed by atoms with E-state index in [2.05, 4.69) is 15.3 Å². The maximum atomic E-state index is 9.67. The lowest BCUT2D eigenvalue weighted by Crippen LogP contribution is -2.13. The highest BCUT2D eigenvalue weighted by Gasteiger charge is 2.03. The van der Waals surface area contributed by atoms with Gasteiger partial charge in [-0.05, 0) is 18.2 Å². The van der Waals surface area contributed by atoms with Crippen molar-refractivity contribution >= 4 is 0 Å². The Morgan fingerprint density at radius 2 is 2.29 bits per heavy atom. The predicted molar refractivity (Wildman–Crippen MR) is 63.8 cm³/mol. The molecule has 1 aromatic heterocycles. The minimum absolute atomic E-state index is 0.262. The van der Waals surface area contributed by atoms with Gasteiger partial charge in [-0.25, -0.2) is 4.98 Å². The van der Waals surface area contributed by atoms with Gasteiger partial charge in [0.05, 0.1) is 13.7 Å². The molecule has 5 nitrogen and oxygen atoms in total. The summed E-state index contributed by atoms with van der Waals surface area (Å²) in [6, 6.07) is 5.17. The van der Waals surface area contributed by atoms with Crippen LogP contribution >= 0.6 is 0 Å². The molecule has 0 aliphatic heterocycles.